The summed E-state index contributed by atoms with van der Waals surface area (Å²) in [5, 5.41) is 2.50. The lowest BCUT2D eigenvalue weighted by atomic mass is 10.0. The van der Waals surface area contributed by atoms with Gasteiger partial charge in [0, 0.05) is 23.6 Å². The number of halogens is 2. The summed E-state index contributed by atoms with van der Waals surface area (Å²) in [5.74, 6) is 14.1. The molecule has 182 valence electrons. The molecule has 0 radical (unpaired) electrons. The first-order valence-electron chi connectivity index (χ1n) is 13.0. The first-order valence-corrected chi connectivity index (χ1v) is 16.2. The fourth-order valence-corrected chi connectivity index (χ4v) is 7.49. The summed E-state index contributed by atoms with van der Waals surface area (Å²) >= 11 is 11.0. The van der Waals surface area contributed by atoms with Crippen LogP contribution in [0.4, 0.5) is 0 Å². The molecule has 0 nitrogen and oxygen atoms in total. The van der Waals surface area contributed by atoms with Crippen LogP contribution in [0.25, 0.3) is 20.2 Å². The molecular formula is C30H36Br2S2. The van der Waals surface area contributed by atoms with E-state index in [-0.39, 0.29) is 0 Å². The van der Waals surface area contributed by atoms with E-state index in [1.54, 1.807) is 22.7 Å². The fourth-order valence-electron chi connectivity index (χ4n) is 4.25. The molecule has 0 amide bonds. The van der Waals surface area contributed by atoms with Gasteiger partial charge in [0.2, 0.25) is 0 Å². The molecule has 0 aliphatic carbocycles. The molecule has 0 spiro atoms. The van der Waals surface area contributed by atoms with E-state index in [2.05, 4.69) is 81.5 Å². The van der Waals surface area contributed by atoms with E-state index < -0.39 is 0 Å². The first-order chi connectivity index (χ1) is 16.7. The Balaban J connectivity index is 1.79. The lowest BCUT2D eigenvalue weighted by Gasteiger charge is -2.03. The Morgan fingerprint density at radius 2 is 0.971 bits per heavy atom. The molecule has 34 heavy (non-hydrogen) atoms. The molecule has 3 aromatic rings. The van der Waals surface area contributed by atoms with Crippen molar-refractivity contribution in [1.82, 2.24) is 0 Å². The van der Waals surface area contributed by atoms with Crippen molar-refractivity contribution in [3.8, 4) is 23.7 Å². The van der Waals surface area contributed by atoms with Crippen molar-refractivity contribution in [2.24, 2.45) is 0 Å². The van der Waals surface area contributed by atoms with Gasteiger partial charge < -0.3 is 0 Å². The average molecular weight is 621 g/mol. The SMILES string of the molecule is CCCCCCCCC#Cc1c2cc(Br)sc2c(C#CCCCCCCCC)c2cc(Br)sc12. The predicted molar refractivity (Wildman–Crippen MR) is 162 cm³/mol. The Morgan fingerprint density at radius 3 is 1.38 bits per heavy atom. The summed E-state index contributed by atoms with van der Waals surface area (Å²) < 4.78 is 4.84. The molecular weight excluding hydrogens is 584 g/mol. The number of thiophene rings is 2. The maximum absolute atomic E-state index is 3.73. The van der Waals surface area contributed by atoms with Gasteiger partial charge in [0.1, 0.15) is 0 Å². The van der Waals surface area contributed by atoms with Gasteiger partial charge in [-0.25, -0.2) is 0 Å². The lowest BCUT2D eigenvalue weighted by molar-refractivity contribution is 0.614. The van der Waals surface area contributed by atoms with Crippen LogP contribution < -0.4 is 0 Å². The summed E-state index contributed by atoms with van der Waals surface area (Å²) in [7, 11) is 0. The standard InChI is InChI=1S/C30H36Br2S2/c1-3-5-7-9-11-13-15-17-19-23-25-21-27(31)34-30(25)24(26-22-28(32)33-29(23)26)20-18-16-14-12-10-8-6-4-2/h21-22H,3-16H2,1-2H3. The first kappa shape index (κ1) is 27.8. The van der Waals surface area contributed by atoms with Crippen molar-refractivity contribution in [3.05, 3.63) is 30.8 Å². The molecule has 1 aromatic carbocycles. The number of hydrogen-bond donors (Lipinski definition) is 0. The largest absolute Gasteiger partial charge is 0.127 e. The summed E-state index contributed by atoms with van der Waals surface area (Å²) in [6.45, 7) is 4.54. The third kappa shape index (κ3) is 8.13. The zero-order valence-electron chi connectivity index (χ0n) is 20.6. The summed E-state index contributed by atoms with van der Waals surface area (Å²) in [5.41, 5.74) is 2.35. The Kier molecular flexibility index (Phi) is 12.6. The second kappa shape index (κ2) is 15.4. The van der Waals surface area contributed by atoms with Crippen LogP contribution in [0.2, 0.25) is 0 Å². The van der Waals surface area contributed by atoms with Gasteiger partial charge in [-0.1, -0.05) is 102 Å². The van der Waals surface area contributed by atoms with Gasteiger partial charge >= 0.3 is 0 Å². The van der Waals surface area contributed by atoms with E-state index in [0.29, 0.717) is 0 Å². The van der Waals surface area contributed by atoms with E-state index >= 15 is 0 Å². The van der Waals surface area contributed by atoms with Gasteiger partial charge in [0.25, 0.3) is 0 Å². The van der Waals surface area contributed by atoms with Gasteiger partial charge in [-0.3, -0.25) is 0 Å². The Labute approximate surface area is 231 Å². The van der Waals surface area contributed by atoms with Gasteiger partial charge in [-0.2, -0.15) is 0 Å². The highest BCUT2D eigenvalue weighted by atomic mass is 79.9. The molecule has 0 saturated carbocycles. The number of fused-ring (bicyclic) bond motifs is 2. The third-order valence-corrected chi connectivity index (χ3v) is 9.45. The van der Waals surface area contributed by atoms with Crippen molar-refractivity contribution in [1.29, 1.82) is 0 Å². The van der Waals surface area contributed by atoms with Gasteiger partial charge in [-0.05, 0) is 56.8 Å². The Morgan fingerprint density at radius 1 is 0.588 bits per heavy atom. The minimum atomic E-state index is 0.979. The highest BCUT2D eigenvalue weighted by molar-refractivity contribution is 9.11. The van der Waals surface area contributed by atoms with Crippen LogP contribution in [0.1, 0.15) is 115 Å². The predicted octanol–water partition coefficient (Wildman–Crippen LogP) is 11.8. The summed E-state index contributed by atoms with van der Waals surface area (Å²) in [6.07, 6.45) is 17.7. The van der Waals surface area contributed by atoms with Crippen molar-refractivity contribution < 1.29 is 0 Å². The zero-order chi connectivity index (χ0) is 24.2. The summed E-state index contributed by atoms with van der Waals surface area (Å²) in [6, 6.07) is 4.47. The van der Waals surface area contributed by atoms with Crippen LogP contribution in [-0.2, 0) is 0 Å². The van der Waals surface area contributed by atoms with Crippen LogP contribution in [0, 0.1) is 23.7 Å². The number of hydrogen-bond acceptors (Lipinski definition) is 2. The van der Waals surface area contributed by atoms with Gasteiger partial charge in [0.05, 0.1) is 28.1 Å². The molecule has 2 aromatic heterocycles. The van der Waals surface area contributed by atoms with E-state index in [4.69, 9.17) is 0 Å². The molecule has 0 unspecified atom stereocenters. The Hall–Kier alpha value is -0.780. The van der Waals surface area contributed by atoms with Crippen LogP contribution >= 0.6 is 54.5 Å². The fraction of sp³-hybridized carbons (Fsp3) is 0.533. The molecule has 0 bridgehead atoms. The molecule has 4 heteroatoms. The van der Waals surface area contributed by atoms with Gasteiger partial charge in [0.15, 0.2) is 0 Å². The van der Waals surface area contributed by atoms with E-state index in [1.165, 1.54) is 108 Å². The van der Waals surface area contributed by atoms with Crippen molar-refractivity contribution in [3.63, 3.8) is 0 Å². The maximum Gasteiger partial charge on any atom is 0.0711 e. The van der Waals surface area contributed by atoms with Crippen LogP contribution in [0.5, 0.6) is 0 Å². The smallest absolute Gasteiger partial charge is 0.0711 e. The minimum Gasteiger partial charge on any atom is -0.127 e. The zero-order valence-corrected chi connectivity index (χ0v) is 25.4. The van der Waals surface area contributed by atoms with Crippen LogP contribution in [0.15, 0.2) is 19.7 Å². The van der Waals surface area contributed by atoms with Gasteiger partial charge in [-0.15, -0.1) is 22.7 Å². The molecule has 0 atom stereocenters. The number of rotatable bonds is 12. The molecule has 0 saturated heterocycles. The Bertz CT molecular complexity index is 1030. The van der Waals surface area contributed by atoms with Crippen molar-refractivity contribution in [2.75, 3.05) is 0 Å². The summed E-state index contributed by atoms with van der Waals surface area (Å²) in [4.78, 5) is 0. The van der Waals surface area contributed by atoms with Crippen molar-refractivity contribution >= 4 is 74.7 Å². The molecule has 0 fully saturated rings. The minimum absolute atomic E-state index is 0.979. The average Bonchev–Trinajstić information content (AvgIpc) is 3.40. The molecule has 0 aliphatic heterocycles. The second-order valence-corrected chi connectivity index (χ2v) is 13.8. The molecule has 0 N–H and O–H groups in total. The quantitative estimate of drug-likeness (QED) is 0.140. The van der Waals surface area contributed by atoms with E-state index in [0.717, 1.165) is 20.4 Å². The monoisotopic (exact) mass is 618 g/mol. The van der Waals surface area contributed by atoms with E-state index in [9.17, 15) is 0 Å². The normalized spacial score (nSPS) is 10.9. The highest BCUT2D eigenvalue weighted by Crippen LogP contribution is 2.43. The number of benzene rings is 1. The van der Waals surface area contributed by atoms with Crippen molar-refractivity contribution in [2.45, 2.75) is 104 Å². The number of unbranched alkanes of at least 4 members (excludes halogenated alkanes) is 12. The maximum atomic E-state index is 3.73. The second-order valence-electron chi connectivity index (χ2n) is 8.98. The van der Waals surface area contributed by atoms with E-state index in [1.807, 2.05) is 0 Å². The lowest BCUT2D eigenvalue weighted by Crippen LogP contribution is -1.84. The van der Waals surface area contributed by atoms with Crippen LogP contribution in [0.3, 0.4) is 0 Å². The third-order valence-electron chi connectivity index (χ3n) is 6.13. The topological polar surface area (TPSA) is 0 Å². The van der Waals surface area contributed by atoms with Crippen LogP contribution in [-0.4, -0.2) is 0 Å². The molecule has 2 heterocycles. The molecule has 3 rings (SSSR count). The highest BCUT2D eigenvalue weighted by Gasteiger charge is 2.17. The molecule has 0 aliphatic rings.